The van der Waals surface area contributed by atoms with Gasteiger partial charge in [-0.15, -0.1) is 0 Å². The van der Waals surface area contributed by atoms with Crippen molar-refractivity contribution in [1.82, 2.24) is 15.5 Å². The standard InChI is InChI=1S/C14H17N3O2/c1-9-11(13(18)17(2)3)12(16-14(19)15-9)10-7-5-4-6-8-10/h4-8,12H,1-3H3,(H2,15,16,19)/t12-/m0/s1. The second kappa shape index (κ2) is 5.14. The number of benzene rings is 1. The highest BCUT2D eigenvalue weighted by Gasteiger charge is 2.31. The van der Waals surface area contributed by atoms with Crippen LogP contribution in [0.1, 0.15) is 18.5 Å². The zero-order valence-corrected chi connectivity index (χ0v) is 11.2. The summed E-state index contributed by atoms with van der Waals surface area (Å²) in [6, 6.07) is 8.76. The lowest BCUT2D eigenvalue weighted by molar-refractivity contribution is -0.125. The molecule has 0 saturated carbocycles. The molecule has 2 rings (SSSR count). The molecule has 3 amide bonds. The Morgan fingerprint density at radius 2 is 1.84 bits per heavy atom. The van der Waals surface area contributed by atoms with Gasteiger partial charge in [-0.3, -0.25) is 4.79 Å². The van der Waals surface area contributed by atoms with Crippen LogP contribution in [-0.2, 0) is 4.79 Å². The number of allylic oxidation sites excluding steroid dienone is 1. The first-order valence-electron chi connectivity index (χ1n) is 6.05. The summed E-state index contributed by atoms with van der Waals surface area (Å²) < 4.78 is 0. The molecule has 0 radical (unpaired) electrons. The number of nitrogens with zero attached hydrogens (tertiary/aromatic N) is 1. The SMILES string of the molecule is CC1=C(C(=O)N(C)C)[C@H](c2ccccc2)NC(=O)N1. The average molecular weight is 259 g/mol. The lowest BCUT2D eigenvalue weighted by atomic mass is 9.95. The van der Waals surface area contributed by atoms with E-state index in [0.29, 0.717) is 11.3 Å². The lowest BCUT2D eigenvalue weighted by Crippen LogP contribution is -2.46. The molecule has 1 aromatic carbocycles. The fourth-order valence-electron chi connectivity index (χ4n) is 2.11. The second-order valence-corrected chi connectivity index (χ2v) is 4.68. The van der Waals surface area contributed by atoms with Crippen LogP contribution >= 0.6 is 0 Å². The van der Waals surface area contributed by atoms with Crippen molar-refractivity contribution in [2.24, 2.45) is 0 Å². The van der Waals surface area contributed by atoms with Crippen LogP contribution in [0.4, 0.5) is 4.79 Å². The molecule has 1 aliphatic rings. The maximum absolute atomic E-state index is 12.3. The molecule has 0 unspecified atom stereocenters. The Bertz CT molecular complexity index is 535. The van der Waals surface area contributed by atoms with E-state index < -0.39 is 6.04 Å². The highest BCUT2D eigenvalue weighted by Crippen LogP contribution is 2.27. The topological polar surface area (TPSA) is 61.4 Å². The summed E-state index contributed by atoms with van der Waals surface area (Å²) in [7, 11) is 3.39. The Kier molecular flexibility index (Phi) is 3.55. The number of hydrogen-bond donors (Lipinski definition) is 2. The van der Waals surface area contributed by atoms with Crippen LogP contribution in [0.25, 0.3) is 0 Å². The molecule has 0 aliphatic carbocycles. The summed E-state index contributed by atoms with van der Waals surface area (Å²) in [4.78, 5) is 25.4. The van der Waals surface area contributed by atoms with Gasteiger partial charge in [0, 0.05) is 19.8 Å². The molecule has 19 heavy (non-hydrogen) atoms. The molecule has 1 heterocycles. The zero-order valence-electron chi connectivity index (χ0n) is 11.2. The summed E-state index contributed by atoms with van der Waals surface area (Å²) in [5.74, 6) is -0.112. The van der Waals surface area contributed by atoms with Gasteiger partial charge in [0.25, 0.3) is 5.91 Å². The maximum Gasteiger partial charge on any atom is 0.319 e. The number of likely N-dealkylation sites (N-methyl/N-ethyl adjacent to an activating group) is 1. The lowest BCUT2D eigenvalue weighted by Gasteiger charge is -2.30. The quantitative estimate of drug-likeness (QED) is 0.843. The fraction of sp³-hybridized carbons (Fsp3) is 0.286. The van der Waals surface area contributed by atoms with Gasteiger partial charge >= 0.3 is 6.03 Å². The first-order chi connectivity index (χ1) is 9.00. The third-order valence-electron chi connectivity index (χ3n) is 3.04. The van der Waals surface area contributed by atoms with E-state index in [0.717, 1.165) is 5.56 Å². The number of carbonyl (C=O) groups is 2. The molecule has 1 atom stereocenters. The Balaban J connectivity index is 2.47. The number of nitrogens with one attached hydrogen (secondary N) is 2. The highest BCUT2D eigenvalue weighted by molar-refractivity contribution is 5.98. The number of rotatable bonds is 2. The second-order valence-electron chi connectivity index (χ2n) is 4.68. The minimum atomic E-state index is -0.412. The largest absolute Gasteiger partial charge is 0.345 e. The van der Waals surface area contributed by atoms with Crippen molar-refractivity contribution in [3.05, 3.63) is 47.2 Å². The van der Waals surface area contributed by atoms with Gasteiger partial charge in [-0.25, -0.2) is 4.79 Å². The summed E-state index contributed by atoms with van der Waals surface area (Å²) in [6.45, 7) is 1.74. The van der Waals surface area contributed by atoms with E-state index in [1.54, 1.807) is 21.0 Å². The van der Waals surface area contributed by atoms with Crippen LogP contribution in [0.2, 0.25) is 0 Å². The Morgan fingerprint density at radius 3 is 2.42 bits per heavy atom. The van der Waals surface area contributed by atoms with Crippen LogP contribution in [0.5, 0.6) is 0 Å². The molecule has 5 nitrogen and oxygen atoms in total. The van der Waals surface area contributed by atoms with Crippen molar-refractivity contribution in [2.75, 3.05) is 14.1 Å². The van der Waals surface area contributed by atoms with Crippen LogP contribution in [0.15, 0.2) is 41.6 Å². The predicted octanol–water partition coefficient (Wildman–Crippen LogP) is 1.40. The molecule has 5 heteroatoms. The third-order valence-corrected chi connectivity index (χ3v) is 3.04. The monoisotopic (exact) mass is 259 g/mol. The van der Waals surface area contributed by atoms with Crippen molar-refractivity contribution >= 4 is 11.9 Å². The molecule has 100 valence electrons. The van der Waals surface area contributed by atoms with Gasteiger partial charge in [-0.05, 0) is 12.5 Å². The fourth-order valence-corrected chi connectivity index (χ4v) is 2.11. The molecule has 0 saturated heterocycles. The molecule has 0 aromatic heterocycles. The predicted molar refractivity (Wildman–Crippen MR) is 72.2 cm³/mol. The van der Waals surface area contributed by atoms with Gasteiger partial charge in [-0.2, -0.15) is 0 Å². The summed E-state index contributed by atoms with van der Waals surface area (Å²) in [5.41, 5.74) is 2.05. The molecule has 1 aliphatic heterocycles. The summed E-state index contributed by atoms with van der Waals surface area (Å²) >= 11 is 0. The van der Waals surface area contributed by atoms with Crippen LogP contribution < -0.4 is 10.6 Å². The van der Waals surface area contributed by atoms with Crippen molar-refractivity contribution in [2.45, 2.75) is 13.0 Å². The average Bonchev–Trinajstić information content (AvgIpc) is 2.38. The minimum absolute atomic E-state index is 0.112. The summed E-state index contributed by atoms with van der Waals surface area (Å²) in [6.07, 6.45) is 0. The molecule has 2 N–H and O–H groups in total. The first kappa shape index (κ1) is 13.1. The van der Waals surface area contributed by atoms with Crippen molar-refractivity contribution in [3.8, 4) is 0 Å². The van der Waals surface area contributed by atoms with E-state index in [9.17, 15) is 9.59 Å². The van der Waals surface area contributed by atoms with Crippen LogP contribution in [0, 0.1) is 0 Å². The van der Waals surface area contributed by atoms with Gasteiger partial charge < -0.3 is 15.5 Å². The number of amides is 3. The molecule has 0 bridgehead atoms. The van der Waals surface area contributed by atoms with Gasteiger partial charge in [0.1, 0.15) is 0 Å². The van der Waals surface area contributed by atoms with Crippen molar-refractivity contribution < 1.29 is 9.59 Å². The van der Waals surface area contributed by atoms with Gasteiger partial charge in [0.15, 0.2) is 0 Å². The maximum atomic E-state index is 12.3. The van der Waals surface area contributed by atoms with Gasteiger partial charge in [0.05, 0.1) is 11.6 Å². The smallest absolute Gasteiger partial charge is 0.319 e. The van der Waals surface area contributed by atoms with E-state index in [-0.39, 0.29) is 11.9 Å². The van der Waals surface area contributed by atoms with E-state index in [1.165, 1.54) is 4.90 Å². The summed E-state index contributed by atoms with van der Waals surface area (Å²) in [5, 5.41) is 5.44. The zero-order chi connectivity index (χ0) is 14.0. The van der Waals surface area contributed by atoms with Crippen LogP contribution in [0.3, 0.4) is 0 Å². The third kappa shape index (κ3) is 2.59. The normalized spacial score (nSPS) is 18.7. The van der Waals surface area contributed by atoms with Gasteiger partial charge in [0.2, 0.25) is 0 Å². The molecule has 0 fully saturated rings. The number of urea groups is 1. The highest BCUT2D eigenvalue weighted by atomic mass is 16.2. The van der Waals surface area contributed by atoms with Gasteiger partial charge in [-0.1, -0.05) is 30.3 Å². The number of carbonyl (C=O) groups excluding carboxylic acids is 2. The van der Waals surface area contributed by atoms with E-state index in [1.807, 2.05) is 30.3 Å². The molecule has 1 aromatic rings. The first-order valence-corrected chi connectivity index (χ1v) is 6.05. The molecular formula is C14H17N3O2. The van der Waals surface area contributed by atoms with E-state index >= 15 is 0 Å². The molecule has 0 spiro atoms. The molecular weight excluding hydrogens is 242 g/mol. The Hall–Kier alpha value is -2.30. The van der Waals surface area contributed by atoms with E-state index in [4.69, 9.17) is 0 Å². The Labute approximate surface area is 112 Å². The number of hydrogen-bond acceptors (Lipinski definition) is 2. The van der Waals surface area contributed by atoms with Crippen LogP contribution in [-0.4, -0.2) is 30.9 Å². The van der Waals surface area contributed by atoms with Crippen molar-refractivity contribution in [3.63, 3.8) is 0 Å². The van der Waals surface area contributed by atoms with E-state index in [2.05, 4.69) is 10.6 Å². The minimum Gasteiger partial charge on any atom is -0.345 e. The Morgan fingerprint density at radius 1 is 1.21 bits per heavy atom. The van der Waals surface area contributed by atoms with Crippen molar-refractivity contribution in [1.29, 1.82) is 0 Å².